The lowest BCUT2D eigenvalue weighted by molar-refractivity contribution is -0.144. The minimum Gasteiger partial charge on any atom is -0.464 e. The number of anilines is 1. The summed E-state index contributed by atoms with van der Waals surface area (Å²) in [6, 6.07) is 9.64. The third-order valence-corrected chi connectivity index (χ3v) is 4.86. The highest BCUT2D eigenvalue weighted by Crippen LogP contribution is 2.30. The van der Waals surface area contributed by atoms with Crippen molar-refractivity contribution in [2.45, 2.75) is 51.4 Å². The number of esters is 1. The van der Waals surface area contributed by atoms with Gasteiger partial charge >= 0.3 is 5.97 Å². The maximum atomic E-state index is 12.6. The van der Waals surface area contributed by atoms with Crippen LogP contribution in [0.2, 0.25) is 0 Å². The Morgan fingerprint density at radius 2 is 1.89 bits per heavy atom. The summed E-state index contributed by atoms with van der Waals surface area (Å²) in [5.74, 6) is -0.941. The summed E-state index contributed by atoms with van der Waals surface area (Å²) in [7, 11) is 0. The molecule has 6 heteroatoms. The van der Waals surface area contributed by atoms with Gasteiger partial charge in [0.1, 0.15) is 5.69 Å². The van der Waals surface area contributed by atoms with E-state index in [1.807, 2.05) is 24.3 Å². The fraction of sp³-hybridized carbons (Fsp3) is 0.524. The number of ether oxygens (including phenoxy) is 1. The van der Waals surface area contributed by atoms with Crippen molar-refractivity contribution in [1.29, 1.82) is 5.26 Å². The van der Waals surface area contributed by atoms with Gasteiger partial charge in [0.05, 0.1) is 23.7 Å². The number of para-hydroxylation sites is 2. The molecule has 1 aromatic carbocycles. The van der Waals surface area contributed by atoms with Crippen LogP contribution in [0.3, 0.4) is 0 Å². The van der Waals surface area contributed by atoms with E-state index in [0.29, 0.717) is 23.6 Å². The fourth-order valence-corrected chi connectivity index (χ4v) is 3.37. The van der Waals surface area contributed by atoms with Gasteiger partial charge < -0.3 is 9.64 Å². The summed E-state index contributed by atoms with van der Waals surface area (Å²) >= 11 is 0. The van der Waals surface area contributed by atoms with Gasteiger partial charge in [-0.25, -0.2) is 9.97 Å². The van der Waals surface area contributed by atoms with Gasteiger partial charge in [0.15, 0.2) is 11.7 Å². The lowest BCUT2D eigenvalue weighted by Gasteiger charge is -2.21. The molecule has 6 nitrogen and oxygen atoms in total. The zero-order chi connectivity index (χ0) is 19.1. The normalized spacial score (nSPS) is 14.9. The molecule has 2 aromatic rings. The summed E-state index contributed by atoms with van der Waals surface area (Å²) in [4.78, 5) is 24.1. The van der Waals surface area contributed by atoms with E-state index in [1.54, 1.807) is 0 Å². The summed E-state index contributed by atoms with van der Waals surface area (Å²) in [5.41, 5.74) is 1.87. The Bertz CT molecular complexity index is 825. The highest BCUT2D eigenvalue weighted by atomic mass is 16.5. The monoisotopic (exact) mass is 366 g/mol. The van der Waals surface area contributed by atoms with Crippen LogP contribution in [0, 0.1) is 11.3 Å². The van der Waals surface area contributed by atoms with Crippen LogP contribution in [0.5, 0.6) is 0 Å². The van der Waals surface area contributed by atoms with E-state index >= 15 is 0 Å². The van der Waals surface area contributed by atoms with Crippen molar-refractivity contribution in [3.63, 3.8) is 0 Å². The zero-order valence-electron chi connectivity index (χ0n) is 15.9. The van der Waals surface area contributed by atoms with Crippen LogP contribution in [-0.2, 0) is 9.53 Å². The number of carbonyl (C=O) groups excluding carboxylic acids is 1. The number of nitriles is 1. The number of aromatic nitrogens is 2. The van der Waals surface area contributed by atoms with Crippen molar-refractivity contribution < 1.29 is 9.53 Å². The van der Waals surface area contributed by atoms with E-state index in [4.69, 9.17) is 9.72 Å². The molecule has 0 bridgehead atoms. The first-order valence-electron chi connectivity index (χ1n) is 9.82. The van der Waals surface area contributed by atoms with Crippen LogP contribution in [0.15, 0.2) is 24.3 Å². The molecule has 1 saturated heterocycles. The number of nitrogens with zero attached hydrogens (tertiary/aromatic N) is 4. The van der Waals surface area contributed by atoms with E-state index < -0.39 is 11.9 Å². The van der Waals surface area contributed by atoms with Crippen molar-refractivity contribution in [3.8, 4) is 6.07 Å². The number of hydrogen-bond acceptors (Lipinski definition) is 6. The van der Waals surface area contributed by atoms with Crippen LogP contribution in [0.25, 0.3) is 11.0 Å². The molecule has 0 aliphatic carbocycles. The fourth-order valence-electron chi connectivity index (χ4n) is 3.37. The number of unbranched alkanes of at least 4 members (excludes halogenated alkanes) is 3. The average molecular weight is 366 g/mol. The molecule has 1 aliphatic heterocycles. The molecule has 1 atom stereocenters. The third-order valence-electron chi connectivity index (χ3n) is 4.86. The Kier molecular flexibility index (Phi) is 6.59. The van der Waals surface area contributed by atoms with Crippen LogP contribution in [0.4, 0.5) is 5.82 Å². The first kappa shape index (κ1) is 19.1. The minimum absolute atomic E-state index is 0.344. The lowest BCUT2D eigenvalue weighted by atomic mass is 10.1. The molecule has 3 rings (SSSR count). The number of rotatable bonds is 8. The van der Waals surface area contributed by atoms with Gasteiger partial charge in [0, 0.05) is 13.1 Å². The molecule has 27 heavy (non-hydrogen) atoms. The summed E-state index contributed by atoms with van der Waals surface area (Å²) in [5, 5.41) is 9.69. The molecule has 1 aliphatic rings. The Morgan fingerprint density at radius 3 is 2.56 bits per heavy atom. The highest BCUT2D eigenvalue weighted by Gasteiger charge is 2.30. The molecule has 1 aromatic heterocycles. The van der Waals surface area contributed by atoms with Crippen LogP contribution < -0.4 is 4.90 Å². The van der Waals surface area contributed by atoms with Gasteiger partial charge in [-0.2, -0.15) is 5.26 Å². The van der Waals surface area contributed by atoms with Gasteiger partial charge in [-0.15, -0.1) is 0 Å². The second kappa shape index (κ2) is 9.31. The zero-order valence-corrected chi connectivity index (χ0v) is 15.9. The van der Waals surface area contributed by atoms with Gasteiger partial charge in [-0.1, -0.05) is 38.3 Å². The standard InChI is InChI=1S/C21H26N4O2/c1-2-3-4-9-14-27-21(26)16(15-22)19-20(25-12-7-8-13-25)24-18-11-6-5-10-17(18)23-19/h5-6,10-11,16H,2-4,7-9,12-14H2,1H3. The van der Waals surface area contributed by atoms with Gasteiger partial charge in [-0.05, 0) is 31.4 Å². The molecule has 0 amide bonds. The maximum Gasteiger partial charge on any atom is 0.329 e. The number of carbonyl (C=O) groups is 1. The summed E-state index contributed by atoms with van der Waals surface area (Å²) in [6.07, 6.45) is 6.24. The topological polar surface area (TPSA) is 79.1 Å². The Labute approximate surface area is 160 Å². The molecule has 0 radical (unpaired) electrons. The van der Waals surface area contributed by atoms with Crippen LogP contribution in [0.1, 0.15) is 57.1 Å². The van der Waals surface area contributed by atoms with Crippen molar-refractivity contribution in [2.75, 3.05) is 24.6 Å². The molecule has 1 unspecified atom stereocenters. The van der Waals surface area contributed by atoms with Crippen molar-refractivity contribution in [1.82, 2.24) is 9.97 Å². The quantitative estimate of drug-likeness (QED) is 0.520. The molecule has 0 spiro atoms. The molecular formula is C21H26N4O2. The van der Waals surface area contributed by atoms with E-state index in [-0.39, 0.29) is 0 Å². The average Bonchev–Trinajstić information content (AvgIpc) is 3.22. The molecule has 0 saturated carbocycles. The predicted molar refractivity (Wildman–Crippen MR) is 104 cm³/mol. The second-order valence-electron chi connectivity index (χ2n) is 6.91. The Balaban J connectivity index is 1.86. The van der Waals surface area contributed by atoms with Gasteiger partial charge in [0.2, 0.25) is 0 Å². The maximum absolute atomic E-state index is 12.6. The third kappa shape index (κ3) is 4.54. The number of fused-ring (bicyclic) bond motifs is 1. The van der Waals surface area contributed by atoms with Crippen LogP contribution in [-0.4, -0.2) is 35.6 Å². The molecular weight excluding hydrogens is 340 g/mol. The number of hydrogen-bond donors (Lipinski definition) is 0. The van der Waals surface area contributed by atoms with Gasteiger partial charge in [0.25, 0.3) is 0 Å². The summed E-state index contributed by atoms with van der Waals surface area (Å²) < 4.78 is 5.38. The second-order valence-corrected chi connectivity index (χ2v) is 6.91. The molecule has 1 fully saturated rings. The molecule has 142 valence electrons. The van der Waals surface area contributed by atoms with Crippen molar-refractivity contribution in [3.05, 3.63) is 30.0 Å². The predicted octanol–water partition coefficient (Wildman–Crippen LogP) is 3.96. The Morgan fingerprint density at radius 1 is 1.19 bits per heavy atom. The lowest BCUT2D eigenvalue weighted by Crippen LogP contribution is -2.25. The summed E-state index contributed by atoms with van der Waals surface area (Å²) in [6.45, 7) is 4.21. The van der Waals surface area contributed by atoms with Crippen molar-refractivity contribution >= 4 is 22.8 Å². The Hall–Kier alpha value is -2.68. The van der Waals surface area contributed by atoms with E-state index in [1.165, 1.54) is 0 Å². The minimum atomic E-state index is -1.05. The molecule has 0 N–H and O–H groups in total. The largest absolute Gasteiger partial charge is 0.464 e. The van der Waals surface area contributed by atoms with E-state index in [9.17, 15) is 10.1 Å². The van der Waals surface area contributed by atoms with E-state index in [0.717, 1.165) is 57.1 Å². The van der Waals surface area contributed by atoms with Crippen LogP contribution >= 0.6 is 0 Å². The van der Waals surface area contributed by atoms with Gasteiger partial charge in [-0.3, -0.25) is 4.79 Å². The highest BCUT2D eigenvalue weighted by molar-refractivity contribution is 5.85. The first-order chi connectivity index (χ1) is 13.2. The molecule has 2 heterocycles. The van der Waals surface area contributed by atoms with E-state index in [2.05, 4.69) is 22.9 Å². The first-order valence-corrected chi connectivity index (χ1v) is 9.82. The van der Waals surface area contributed by atoms with Crippen molar-refractivity contribution in [2.24, 2.45) is 0 Å². The SMILES string of the molecule is CCCCCCOC(=O)C(C#N)c1nc2ccccc2nc1N1CCCC1. The smallest absolute Gasteiger partial charge is 0.329 e. The number of benzene rings is 1.